The van der Waals surface area contributed by atoms with Crippen LogP contribution in [0.4, 0.5) is 0 Å². The second kappa shape index (κ2) is 8.55. The Morgan fingerprint density at radius 3 is 2.12 bits per heavy atom. The molecule has 0 rings (SSSR count). The molecule has 0 fully saturated rings. The number of hydrogen-bond acceptors (Lipinski definition) is 3. The molecule has 0 aliphatic rings. The number of hydrogen-bond donors (Lipinski definition) is 2. The number of unbranched alkanes of at least 4 members (excludes halogenated alkanes) is 2. The van der Waals surface area contributed by atoms with Crippen molar-refractivity contribution in [1.29, 1.82) is 0 Å². The molecule has 0 aromatic rings. The summed E-state index contributed by atoms with van der Waals surface area (Å²) >= 11 is 0. The highest BCUT2D eigenvalue weighted by Gasteiger charge is 2.17. The highest BCUT2D eigenvalue weighted by Crippen LogP contribution is 2.04. The van der Waals surface area contributed by atoms with Gasteiger partial charge in [-0.3, -0.25) is 14.4 Å². The van der Waals surface area contributed by atoms with Crippen LogP contribution in [0, 0.1) is 0 Å². The van der Waals surface area contributed by atoms with E-state index in [2.05, 4.69) is 0 Å². The van der Waals surface area contributed by atoms with Gasteiger partial charge in [0.25, 0.3) is 0 Å². The molecule has 0 aliphatic carbocycles. The molecule has 0 bridgehead atoms. The molecule has 0 aromatic heterocycles. The molecule has 6 heteroatoms. The van der Waals surface area contributed by atoms with Gasteiger partial charge in [-0.05, 0) is 6.42 Å². The van der Waals surface area contributed by atoms with Crippen LogP contribution in [0.5, 0.6) is 0 Å². The van der Waals surface area contributed by atoms with Crippen molar-refractivity contribution in [3.05, 3.63) is 0 Å². The second-order valence-electron chi connectivity index (χ2n) is 3.81. The Labute approximate surface area is 100 Å². The fourth-order valence-corrected chi connectivity index (χ4v) is 1.37. The topological polar surface area (TPSA) is 94.9 Å². The molecule has 0 radical (unpaired) electrons. The van der Waals surface area contributed by atoms with E-state index in [9.17, 15) is 14.4 Å². The van der Waals surface area contributed by atoms with Crippen molar-refractivity contribution < 1.29 is 24.6 Å². The van der Waals surface area contributed by atoms with Gasteiger partial charge in [-0.15, -0.1) is 0 Å². The first kappa shape index (κ1) is 15.4. The van der Waals surface area contributed by atoms with E-state index >= 15 is 0 Å². The fraction of sp³-hybridized carbons (Fsp3) is 0.727. The van der Waals surface area contributed by atoms with Gasteiger partial charge in [0.15, 0.2) is 0 Å². The minimum atomic E-state index is -1.13. The Balaban J connectivity index is 4.19. The molecule has 0 atom stereocenters. The molecular formula is C11H19NO5. The summed E-state index contributed by atoms with van der Waals surface area (Å²) in [6, 6.07) is 0. The van der Waals surface area contributed by atoms with Crippen molar-refractivity contribution >= 4 is 17.8 Å². The van der Waals surface area contributed by atoms with E-state index in [0.717, 1.165) is 17.7 Å². The van der Waals surface area contributed by atoms with E-state index in [1.807, 2.05) is 6.92 Å². The molecule has 6 nitrogen and oxygen atoms in total. The third kappa shape index (κ3) is 8.24. The van der Waals surface area contributed by atoms with Gasteiger partial charge in [0.1, 0.15) is 6.54 Å². The van der Waals surface area contributed by atoms with Crippen LogP contribution < -0.4 is 0 Å². The monoisotopic (exact) mass is 245 g/mol. The highest BCUT2D eigenvalue weighted by atomic mass is 16.4. The van der Waals surface area contributed by atoms with Crippen LogP contribution in [-0.2, 0) is 14.4 Å². The maximum Gasteiger partial charge on any atom is 0.323 e. The van der Waals surface area contributed by atoms with Gasteiger partial charge in [-0.2, -0.15) is 0 Å². The first-order valence-electron chi connectivity index (χ1n) is 5.68. The first-order chi connectivity index (χ1) is 7.97. The lowest BCUT2D eigenvalue weighted by molar-refractivity contribution is -0.146. The average molecular weight is 245 g/mol. The molecule has 17 heavy (non-hydrogen) atoms. The van der Waals surface area contributed by atoms with Crippen molar-refractivity contribution in [1.82, 2.24) is 4.90 Å². The van der Waals surface area contributed by atoms with Gasteiger partial charge in [0.2, 0.25) is 5.91 Å². The van der Waals surface area contributed by atoms with E-state index in [1.165, 1.54) is 0 Å². The van der Waals surface area contributed by atoms with Crippen LogP contribution in [0.25, 0.3) is 0 Å². The van der Waals surface area contributed by atoms with Crippen LogP contribution in [0.15, 0.2) is 0 Å². The van der Waals surface area contributed by atoms with Gasteiger partial charge in [-0.25, -0.2) is 0 Å². The number of amides is 1. The average Bonchev–Trinajstić information content (AvgIpc) is 2.23. The Hall–Kier alpha value is -1.59. The number of nitrogens with zero attached hydrogens (tertiary/aromatic N) is 1. The lowest BCUT2D eigenvalue weighted by Gasteiger charge is -2.19. The Kier molecular flexibility index (Phi) is 7.75. The van der Waals surface area contributed by atoms with Crippen LogP contribution >= 0.6 is 0 Å². The van der Waals surface area contributed by atoms with Crippen LogP contribution in [0.3, 0.4) is 0 Å². The summed E-state index contributed by atoms with van der Waals surface area (Å²) in [6.45, 7) is 1.52. The smallest absolute Gasteiger partial charge is 0.323 e. The quantitative estimate of drug-likeness (QED) is 0.590. The van der Waals surface area contributed by atoms with Gasteiger partial charge in [0, 0.05) is 13.0 Å². The summed E-state index contributed by atoms with van der Waals surface area (Å²) < 4.78 is 0. The van der Waals surface area contributed by atoms with Gasteiger partial charge in [0.05, 0.1) is 6.42 Å². The predicted octanol–water partition coefficient (Wildman–Crippen LogP) is 0.955. The third-order valence-electron chi connectivity index (χ3n) is 2.27. The van der Waals surface area contributed by atoms with Crippen molar-refractivity contribution in [2.75, 3.05) is 13.1 Å². The molecule has 0 aliphatic heterocycles. The Morgan fingerprint density at radius 1 is 1.00 bits per heavy atom. The number of rotatable bonds is 9. The molecule has 0 saturated carbocycles. The van der Waals surface area contributed by atoms with E-state index in [-0.39, 0.29) is 25.3 Å². The van der Waals surface area contributed by atoms with Crippen LogP contribution in [0.2, 0.25) is 0 Å². The van der Waals surface area contributed by atoms with Crippen molar-refractivity contribution in [3.63, 3.8) is 0 Å². The molecule has 0 aromatic carbocycles. The van der Waals surface area contributed by atoms with Crippen molar-refractivity contribution in [3.8, 4) is 0 Å². The number of aliphatic carboxylic acids is 2. The van der Waals surface area contributed by atoms with Crippen LogP contribution in [-0.4, -0.2) is 46.0 Å². The molecule has 0 spiro atoms. The Morgan fingerprint density at radius 2 is 1.65 bits per heavy atom. The summed E-state index contributed by atoms with van der Waals surface area (Å²) in [7, 11) is 0. The van der Waals surface area contributed by atoms with E-state index in [4.69, 9.17) is 10.2 Å². The molecule has 0 heterocycles. The van der Waals surface area contributed by atoms with E-state index in [0.29, 0.717) is 6.42 Å². The standard InChI is InChI=1S/C11H19NO5/c1-2-3-4-5-9(13)12(8-11(16)17)7-6-10(14)15/h2-8H2,1H3,(H,14,15)(H,16,17). The van der Waals surface area contributed by atoms with Crippen molar-refractivity contribution in [2.24, 2.45) is 0 Å². The predicted molar refractivity (Wildman–Crippen MR) is 60.6 cm³/mol. The zero-order valence-corrected chi connectivity index (χ0v) is 10.0. The molecular weight excluding hydrogens is 226 g/mol. The zero-order chi connectivity index (χ0) is 13.3. The molecule has 1 amide bonds. The van der Waals surface area contributed by atoms with Crippen LogP contribution in [0.1, 0.15) is 39.0 Å². The first-order valence-corrected chi connectivity index (χ1v) is 5.68. The molecule has 0 saturated heterocycles. The molecule has 0 unspecified atom stereocenters. The normalized spacial score (nSPS) is 9.94. The summed E-state index contributed by atoms with van der Waals surface area (Å²) in [4.78, 5) is 33.7. The SMILES string of the molecule is CCCCCC(=O)N(CCC(=O)O)CC(=O)O. The number of carbonyl (C=O) groups excluding carboxylic acids is 1. The summed E-state index contributed by atoms with van der Waals surface area (Å²) in [5, 5.41) is 17.1. The van der Waals surface area contributed by atoms with E-state index < -0.39 is 18.5 Å². The highest BCUT2D eigenvalue weighted by molar-refractivity contribution is 5.81. The molecule has 98 valence electrons. The maximum atomic E-state index is 11.6. The number of carboxylic acid groups (broad SMARTS) is 2. The van der Waals surface area contributed by atoms with Gasteiger partial charge in [-0.1, -0.05) is 19.8 Å². The minimum absolute atomic E-state index is 0.0490. The van der Waals surface area contributed by atoms with Crippen molar-refractivity contribution in [2.45, 2.75) is 39.0 Å². The van der Waals surface area contributed by atoms with Gasteiger partial charge >= 0.3 is 11.9 Å². The molecule has 2 N–H and O–H groups in total. The zero-order valence-electron chi connectivity index (χ0n) is 10.0. The second-order valence-corrected chi connectivity index (χ2v) is 3.81. The number of carbonyl (C=O) groups is 3. The lowest BCUT2D eigenvalue weighted by Crippen LogP contribution is -2.37. The fourth-order valence-electron chi connectivity index (χ4n) is 1.37. The van der Waals surface area contributed by atoms with Gasteiger partial charge < -0.3 is 15.1 Å². The lowest BCUT2D eigenvalue weighted by atomic mass is 10.2. The number of carboxylic acids is 2. The summed E-state index contributed by atoms with van der Waals surface area (Å²) in [5.74, 6) is -2.46. The third-order valence-corrected chi connectivity index (χ3v) is 2.27. The summed E-state index contributed by atoms with van der Waals surface area (Å²) in [5.41, 5.74) is 0. The maximum absolute atomic E-state index is 11.6. The summed E-state index contributed by atoms with van der Waals surface area (Å²) in [6.07, 6.45) is 2.64. The largest absolute Gasteiger partial charge is 0.481 e. The van der Waals surface area contributed by atoms with E-state index in [1.54, 1.807) is 0 Å². The minimum Gasteiger partial charge on any atom is -0.481 e. The Bertz CT molecular complexity index is 277.